The smallest absolute Gasteiger partial charge is 0.271 e. The second-order valence-electron chi connectivity index (χ2n) is 7.49. The van der Waals surface area contributed by atoms with Crippen LogP contribution in [0.15, 0.2) is 65.5 Å². The zero-order chi connectivity index (χ0) is 21.1. The number of piperidine rings is 1. The van der Waals surface area contributed by atoms with Gasteiger partial charge in [0.1, 0.15) is 5.82 Å². The quantitative estimate of drug-likeness (QED) is 0.688. The number of hydrogen-bond acceptors (Lipinski definition) is 4. The predicted molar refractivity (Wildman–Crippen MR) is 120 cm³/mol. The monoisotopic (exact) mass is 422 g/mol. The first-order valence-corrected chi connectivity index (χ1v) is 10.4. The van der Waals surface area contributed by atoms with E-state index in [1.807, 2.05) is 31.2 Å². The average molecular weight is 423 g/mol. The van der Waals surface area contributed by atoms with Crippen molar-refractivity contribution in [2.45, 2.75) is 19.8 Å². The molecule has 30 heavy (non-hydrogen) atoms. The zero-order valence-corrected chi connectivity index (χ0v) is 17.5. The molecule has 0 spiro atoms. The fourth-order valence-corrected chi connectivity index (χ4v) is 3.87. The number of nitrogens with one attached hydrogen (secondary N) is 1. The van der Waals surface area contributed by atoms with Gasteiger partial charge in [-0.2, -0.15) is 4.68 Å². The molecule has 2 aromatic carbocycles. The summed E-state index contributed by atoms with van der Waals surface area (Å²) in [4.78, 5) is 27.1. The molecule has 4 rings (SSSR count). The van der Waals surface area contributed by atoms with Crippen molar-refractivity contribution in [3.63, 3.8) is 0 Å². The molecule has 7 heteroatoms. The normalized spacial score (nSPS) is 14.5. The summed E-state index contributed by atoms with van der Waals surface area (Å²) in [7, 11) is 0. The third-order valence-corrected chi connectivity index (χ3v) is 5.67. The maximum absolute atomic E-state index is 12.7. The van der Waals surface area contributed by atoms with Crippen LogP contribution in [0.3, 0.4) is 0 Å². The highest BCUT2D eigenvalue weighted by Crippen LogP contribution is 2.24. The van der Waals surface area contributed by atoms with Crippen molar-refractivity contribution in [1.82, 2.24) is 9.78 Å². The van der Waals surface area contributed by atoms with Gasteiger partial charge in [0.05, 0.1) is 5.69 Å². The molecule has 0 radical (unpaired) electrons. The first kappa shape index (κ1) is 20.2. The second kappa shape index (κ2) is 8.71. The van der Waals surface area contributed by atoms with Crippen molar-refractivity contribution in [3.8, 4) is 5.69 Å². The van der Waals surface area contributed by atoms with E-state index in [9.17, 15) is 9.59 Å². The highest BCUT2D eigenvalue weighted by Gasteiger charge is 2.26. The van der Waals surface area contributed by atoms with Gasteiger partial charge in [-0.05, 0) is 55.7 Å². The second-order valence-corrected chi connectivity index (χ2v) is 7.92. The van der Waals surface area contributed by atoms with E-state index < -0.39 is 0 Å². The summed E-state index contributed by atoms with van der Waals surface area (Å²) in [5.41, 5.74) is 2.33. The summed E-state index contributed by atoms with van der Waals surface area (Å²) < 4.78 is 1.36. The first-order chi connectivity index (χ1) is 14.5. The summed E-state index contributed by atoms with van der Waals surface area (Å²) in [6, 6.07) is 18.1. The van der Waals surface area contributed by atoms with Gasteiger partial charge in [-0.25, -0.2) is 0 Å². The maximum Gasteiger partial charge on any atom is 0.271 e. The molecule has 0 unspecified atom stereocenters. The lowest BCUT2D eigenvalue weighted by Crippen LogP contribution is -2.39. The van der Waals surface area contributed by atoms with Crippen LogP contribution < -0.4 is 15.8 Å². The Morgan fingerprint density at radius 2 is 1.83 bits per heavy atom. The summed E-state index contributed by atoms with van der Waals surface area (Å²) in [6.07, 6.45) is 1.46. The minimum atomic E-state index is -0.214. The maximum atomic E-state index is 12.7. The lowest BCUT2D eigenvalue weighted by atomic mass is 9.95. The standard InChI is InChI=1S/C23H23ClN4O2/c1-16-5-2-3-8-20(16)25-23(30)17-11-13-27(14-12-17)21-9-10-22(29)28(26-21)19-7-4-6-18(24)15-19/h2-10,15,17H,11-14H2,1H3,(H,25,30). The van der Waals surface area contributed by atoms with Crippen molar-refractivity contribution >= 4 is 29.0 Å². The Hall–Kier alpha value is -3.12. The van der Waals surface area contributed by atoms with E-state index in [4.69, 9.17) is 11.6 Å². The van der Waals surface area contributed by atoms with E-state index in [0.717, 1.165) is 24.1 Å². The number of benzene rings is 2. The number of nitrogens with zero attached hydrogens (tertiary/aromatic N) is 3. The number of halogens is 1. The fourth-order valence-electron chi connectivity index (χ4n) is 3.68. The first-order valence-electron chi connectivity index (χ1n) is 9.99. The minimum Gasteiger partial charge on any atom is -0.355 e. The Bertz CT molecular complexity index is 1120. The molecule has 6 nitrogen and oxygen atoms in total. The molecule has 3 aromatic rings. The van der Waals surface area contributed by atoms with Gasteiger partial charge >= 0.3 is 0 Å². The zero-order valence-electron chi connectivity index (χ0n) is 16.7. The Balaban J connectivity index is 1.44. The van der Waals surface area contributed by atoms with Gasteiger partial charge in [-0.3, -0.25) is 9.59 Å². The van der Waals surface area contributed by atoms with E-state index in [-0.39, 0.29) is 17.4 Å². The number of anilines is 2. The molecule has 0 atom stereocenters. The van der Waals surface area contributed by atoms with Crippen molar-refractivity contribution in [2.75, 3.05) is 23.3 Å². The largest absolute Gasteiger partial charge is 0.355 e. The highest BCUT2D eigenvalue weighted by molar-refractivity contribution is 6.30. The number of carbonyl (C=O) groups is 1. The number of aromatic nitrogens is 2. The van der Waals surface area contributed by atoms with Crippen LogP contribution in [0.1, 0.15) is 18.4 Å². The summed E-state index contributed by atoms with van der Waals surface area (Å²) >= 11 is 6.06. The van der Waals surface area contributed by atoms with Crippen molar-refractivity contribution < 1.29 is 4.79 Å². The molecule has 0 saturated carbocycles. The molecule has 2 heterocycles. The van der Waals surface area contributed by atoms with E-state index in [1.54, 1.807) is 30.3 Å². The SMILES string of the molecule is Cc1ccccc1NC(=O)C1CCN(c2ccc(=O)n(-c3cccc(Cl)c3)n2)CC1. The van der Waals surface area contributed by atoms with Crippen LogP contribution in [0.25, 0.3) is 5.69 Å². The molecule has 154 valence electrons. The number of amides is 1. The Morgan fingerprint density at radius 3 is 2.57 bits per heavy atom. The lowest BCUT2D eigenvalue weighted by molar-refractivity contribution is -0.120. The third-order valence-electron chi connectivity index (χ3n) is 5.43. The lowest BCUT2D eigenvalue weighted by Gasteiger charge is -2.32. The molecule has 1 saturated heterocycles. The Morgan fingerprint density at radius 1 is 1.07 bits per heavy atom. The van der Waals surface area contributed by atoms with Crippen LogP contribution >= 0.6 is 11.6 Å². The molecular formula is C23H23ClN4O2. The molecule has 1 aromatic heterocycles. The third kappa shape index (κ3) is 4.39. The number of para-hydroxylation sites is 1. The van der Waals surface area contributed by atoms with Crippen molar-refractivity contribution in [3.05, 3.63) is 81.6 Å². The number of hydrogen-bond donors (Lipinski definition) is 1. The van der Waals surface area contributed by atoms with Gasteiger partial charge in [0, 0.05) is 35.8 Å². The van der Waals surface area contributed by atoms with E-state index in [1.165, 1.54) is 10.7 Å². The van der Waals surface area contributed by atoms with Crippen LogP contribution in [0.5, 0.6) is 0 Å². The number of rotatable bonds is 4. The molecular weight excluding hydrogens is 400 g/mol. The van der Waals surface area contributed by atoms with Gasteiger partial charge in [0.15, 0.2) is 0 Å². The van der Waals surface area contributed by atoms with Crippen molar-refractivity contribution in [1.29, 1.82) is 0 Å². The number of carbonyl (C=O) groups excluding carboxylic acids is 1. The molecule has 1 amide bonds. The summed E-state index contributed by atoms with van der Waals surface area (Å²) in [5, 5.41) is 8.12. The van der Waals surface area contributed by atoms with Gasteiger partial charge in [0.2, 0.25) is 5.91 Å². The average Bonchev–Trinajstić information content (AvgIpc) is 2.76. The van der Waals surface area contributed by atoms with Gasteiger partial charge < -0.3 is 10.2 Å². The van der Waals surface area contributed by atoms with Gasteiger partial charge in [0.25, 0.3) is 5.56 Å². The van der Waals surface area contributed by atoms with Crippen LogP contribution in [-0.4, -0.2) is 28.8 Å². The van der Waals surface area contributed by atoms with Crippen LogP contribution in [0.4, 0.5) is 11.5 Å². The molecule has 1 aliphatic rings. The van der Waals surface area contributed by atoms with Gasteiger partial charge in [-0.1, -0.05) is 35.9 Å². The Labute approximate surface area is 180 Å². The molecule has 1 aliphatic heterocycles. The van der Waals surface area contributed by atoms with Crippen LogP contribution in [0.2, 0.25) is 5.02 Å². The molecule has 1 N–H and O–H groups in total. The van der Waals surface area contributed by atoms with E-state index in [2.05, 4.69) is 15.3 Å². The Kier molecular flexibility index (Phi) is 5.86. The van der Waals surface area contributed by atoms with Crippen LogP contribution in [-0.2, 0) is 4.79 Å². The molecule has 0 aliphatic carbocycles. The fraction of sp³-hybridized carbons (Fsp3) is 0.261. The molecule has 1 fully saturated rings. The molecule has 0 bridgehead atoms. The highest BCUT2D eigenvalue weighted by atomic mass is 35.5. The van der Waals surface area contributed by atoms with Crippen LogP contribution in [0, 0.1) is 12.8 Å². The van der Waals surface area contributed by atoms with Gasteiger partial charge in [-0.15, -0.1) is 5.10 Å². The topological polar surface area (TPSA) is 67.2 Å². The number of aryl methyl sites for hydroxylation is 1. The predicted octanol–water partition coefficient (Wildman–Crippen LogP) is 4.05. The summed E-state index contributed by atoms with van der Waals surface area (Å²) in [6.45, 7) is 3.39. The van der Waals surface area contributed by atoms with E-state index in [0.29, 0.717) is 29.6 Å². The minimum absolute atomic E-state index is 0.0420. The van der Waals surface area contributed by atoms with E-state index >= 15 is 0 Å². The summed E-state index contributed by atoms with van der Waals surface area (Å²) in [5.74, 6) is 0.729. The van der Waals surface area contributed by atoms with Crippen molar-refractivity contribution in [2.24, 2.45) is 5.92 Å².